The van der Waals surface area contributed by atoms with Crippen LogP contribution in [0.25, 0.3) is 0 Å². The maximum absolute atomic E-state index is 11.9. The van der Waals surface area contributed by atoms with Crippen LogP contribution in [-0.2, 0) is 11.2 Å². The second kappa shape index (κ2) is 6.43. The first kappa shape index (κ1) is 14.6. The van der Waals surface area contributed by atoms with E-state index in [0.29, 0.717) is 12.8 Å². The van der Waals surface area contributed by atoms with E-state index in [1.807, 2.05) is 24.3 Å². The quantitative estimate of drug-likeness (QED) is 0.761. The van der Waals surface area contributed by atoms with Gasteiger partial charge in [-0.05, 0) is 38.3 Å². The average molecular weight is 248 g/mol. The molecule has 100 valence electrons. The van der Waals surface area contributed by atoms with Crippen molar-refractivity contribution in [3.63, 3.8) is 0 Å². The van der Waals surface area contributed by atoms with Crippen molar-refractivity contribution < 1.29 is 4.79 Å². The van der Waals surface area contributed by atoms with E-state index < -0.39 is 0 Å². The number of nitrogens with two attached hydrogens (primary N) is 1. The van der Waals surface area contributed by atoms with E-state index >= 15 is 0 Å². The monoisotopic (exact) mass is 248 g/mol. The molecule has 0 aliphatic rings. The van der Waals surface area contributed by atoms with Gasteiger partial charge in [0.1, 0.15) is 0 Å². The molecule has 0 atom stereocenters. The van der Waals surface area contributed by atoms with Crippen molar-refractivity contribution in [3.8, 4) is 0 Å². The highest BCUT2D eigenvalue weighted by atomic mass is 16.1. The Morgan fingerprint density at radius 3 is 2.61 bits per heavy atom. The number of carbonyl (C=O) groups excluding carboxylic acids is 1. The van der Waals surface area contributed by atoms with Crippen LogP contribution in [0.2, 0.25) is 0 Å². The van der Waals surface area contributed by atoms with E-state index in [1.165, 1.54) is 0 Å². The molecule has 1 aromatic rings. The third-order valence-electron chi connectivity index (χ3n) is 3.03. The number of amides is 1. The summed E-state index contributed by atoms with van der Waals surface area (Å²) in [5.74, 6) is 0.0942. The molecule has 0 radical (unpaired) electrons. The number of hydrogen-bond donors (Lipinski definition) is 2. The van der Waals surface area contributed by atoms with Crippen LogP contribution in [0.5, 0.6) is 0 Å². The zero-order valence-corrected chi connectivity index (χ0v) is 11.6. The number of para-hydroxylation sites is 1. The molecule has 0 heterocycles. The molecule has 0 aromatic heterocycles. The van der Waals surface area contributed by atoms with Crippen LogP contribution in [-0.4, -0.2) is 11.4 Å². The first-order valence-electron chi connectivity index (χ1n) is 6.59. The summed E-state index contributed by atoms with van der Waals surface area (Å²) >= 11 is 0. The molecule has 0 aliphatic heterocycles. The number of nitrogen functional groups attached to an aromatic ring is 1. The Labute approximate surface area is 110 Å². The number of nitrogens with one attached hydrogen (secondary N) is 1. The van der Waals surface area contributed by atoms with Gasteiger partial charge in [0, 0.05) is 17.6 Å². The van der Waals surface area contributed by atoms with Gasteiger partial charge in [-0.3, -0.25) is 4.79 Å². The normalized spacial score (nSPS) is 11.3. The first-order valence-corrected chi connectivity index (χ1v) is 6.59. The molecule has 0 saturated heterocycles. The van der Waals surface area contributed by atoms with Gasteiger partial charge in [-0.1, -0.05) is 31.5 Å². The lowest BCUT2D eigenvalue weighted by Gasteiger charge is -2.25. The van der Waals surface area contributed by atoms with Gasteiger partial charge in [0.05, 0.1) is 0 Å². The van der Waals surface area contributed by atoms with Crippen LogP contribution >= 0.6 is 0 Å². The van der Waals surface area contributed by atoms with Crippen LogP contribution in [0, 0.1) is 0 Å². The van der Waals surface area contributed by atoms with Gasteiger partial charge < -0.3 is 11.1 Å². The van der Waals surface area contributed by atoms with Gasteiger partial charge in [0.2, 0.25) is 5.91 Å². The third-order valence-corrected chi connectivity index (χ3v) is 3.03. The Morgan fingerprint density at radius 1 is 1.33 bits per heavy atom. The summed E-state index contributed by atoms with van der Waals surface area (Å²) in [5.41, 5.74) is 7.54. The fourth-order valence-corrected chi connectivity index (χ4v) is 2.14. The Balaban J connectivity index is 2.45. The predicted molar refractivity (Wildman–Crippen MR) is 76.3 cm³/mol. The van der Waals surface area contributed by atoms with Crippen molar-refractivity contribution in [3.05, 3.63) is 29.8 Å². The molecule has 1 aromatic carbocycles. The summed E-state index contributed by atoms with van der Waals surface area (Å²) in [5, 5.41) is 3.07. The zero-order valence-electron chi connectivity index (χ0n) is 11.6. The maximum atomic E-state index is 11.9. The fourth-order valence-electron chi connectivity index (χ4n) is 2.14. The minimum Gasteiger partial charge on any atom is -0.399 e. The second-order valence-electron chi connectivity index (χ2n) is 5.38. The summed E-state index contributed by atoms with van der Waals surface area (Å²) in [4.78, 5) is 11.9. The van der Waals surface area contributed by atoms with Crippen LogP contribution < -0.4 is 11.1 Å². The van der Waals surface area contributed by atoms with Crippen LogP contribution in [0.1, 0.15) is 45.6 Å². The third kappa shape index (κ3) is 4.78. The highest BCUT2D eigenvalue weighted by Crippen LogP contribution is 2.14. The number of aryl methyl sites for hydroxylation is 1. The van der Waals surface area contributed by atoms with Gasteiger partial charge >= 0.3 is 0 Å². The molecular weight excluding hydrogens is 224 g/mol. The molecule has 0 unspecified atom stereocenters. The predicted octanol–water partition coefficient (Wildman–Crippen LogP) is 2.90. The van der Waals surface area contributed by atoms with Crippen molar-refractivity contribution in [1.82, 2.24) is 5.32 Å². The van der Waals surface area contributed by atoms with Gasteiger partial charge in [-0.25, -0.2) is 0 Å². The van der Waals surface area contributed by atoms with E-state index in [-0.39, 0.29) is 11.4 Å². The van der Waals surface area contributed by atoms with Crippen molar-refractivity contribution >= 4 is 11.6 Å². The largest absolute Gasteiger partial charge is 0.399 e. The molecule has 1 rings (SSSR count). The molecule has 1 amide bonds. The van der Waals surface area contributed by atoms with E-state index in [4.69, 9.17) is 5.73 Å². The lowest BCUT2D eigenvalue weighted by Crippen LogP contribution is -2.43. The van der Waals surface area contributed by atoms with Crippen LogP contribution in [0.15, 0.2) is 24.3 Å². The first-order chi connectivity index (χ1) is 8.44. The molecule has 0 spiro atoms. The maximum Gasteiger partial charge on any atom is 0.220 e. The highest BCUT2D eigenvalue weighted by Gasteiger charge is 2.18. The Morgan fingerprint density at radius 2 is 2.00 bits per heavy atom. The summed E-state index contributed by atoms with van der Waals surface area (Å²) in [6, 6.07) is 7.70. The summed E-state index contributed by atoms with van der Waals surface area (Å²) in [7, 11) is 0. The zero-order chi connectivity index (χ0) is 13.6. The van der Waals surface area contributed by atoms with E-state index in [2.05, 4.69) is 26.1 Å². The molecule has 0 bridgehead atoms. The molecule has 3 N–H and O–H groups in total. The standard InChI is InChI=1S/C15H24N2O/c1-4-11-15(2,3)17-14(18)10-9-12-7-5-6-8-13(12)16/h5-8H,4,9-11,16H2,1-3H3,(H,17,18). The van der Waals surface area contributed by atoms with E-state index in [9.17, 15) is 4.79 Å². The Hall–Kier alpha value is -1.51. The minimum atomic E-state index is -0.117. The highest BCUT2D eigenvalue weighted by molar-refractivity contribution is 5.77. The number of hydrogen-bond acceptors (Lipinski definition) is 2. The van der Waals surface area contributed by atoms with Crippen molar-refractivity contribution in [2.24, 2.45) is 0 Å². The summed E-state index contributed by atoms with van der Waals surface area (Å²) < 4.78 is 0. The van der Waals surface area contributed by atoms with E-state index in [1.54, 1.807) is 0 Å². The van der Waals surface area contributed by atoms with Crippen LogP contribution in [0.4, 0.5) is 5.69 Å². The fraction of sp³-hybridized carbons (Fsp3) is 0.533. The van der Waals surface area contributed by atoms with E-state index in [0.717, 1.165) is 24.1 Å². The van der Waals surface area contributed by atoms with Gasteiger partial charge in [-0.15, -0.1) is 0 Å². The summed E-state index contributed by atoms with van der Waals surface area (Å²) in [6.07, 6.45) is 3.24. The molecule has 0 aliphatic carbocycles. The van der Waals surface area contributed by atoms with Crippen molar-refractivity contribution in [2.75, 3.05) is 5.73 Å². The topological polar surface area (TPSA) is 55.1 Å². The number of rotatable bonds is 6. The van der Waals surface area contributed by atoms with Gasteiger partial charge in [0.25, 0.3) is 0 Å². The summed E-state index contributed by atoms with van der Waals surface area (Å²) in [6.45, 7) is 6.25. The molecule has 0 fully saturated rings. The van der Waals surface area contributed by atoms with Gasteiger partial charge in [0.15, 0.2) is 0 Å². The van der Waals surface area contributed by atoms with Gasteiger partial charge in [-0.2, -0.15) is 0 Å². The lowest BCUT2D eigenvalue weighted by atomic mass is 9.98. The average Bonchev–Trinajstić information content (AvgIpc) is 2.27. The molecule has 18 heavy (non-hydrogen) atoms. The Bertz CT molecular complexity index is 399. The number of carbonyl (C=O) groups is 1. The van der Waals surface area contributed by atoms with Crippen molar-refractivity contribution in [2.45, 2.75) is 52.0 Å². The second-order valence-corrected chi connectivity index (χ2v) is 5.38. The molecule has 0 saturated carbocycles. The Kier molecular flexibility index (Phi) is 5.20. The minimum absolute atomic E-state index is 0.0942. The number of anilines is 1. The number of benzene rings is 1. The SMILES string of the molecule is CCCC(C)(C)NC(=O)CCc1ccccc1N. The molecule has 3 heteroatoms. The smallest absolute Gasteiger partial charge is 0.220 e. The molecule has 3 nitrogen and oxygen atoms in total. The molecular formula is C15H24N2O. The lowest BCUT2D eigenvalue weighted by molar-refractivity contribution is -0.122. The van der Waals surface area contributed by atoms with Crippen LogP contribution in [0.3, 0.4) is 0 Å². The van der Waals surface area contributed by atoms with Crippen molar-refractivity contribution in [1.29, 1.82) is 0 Å².